The summed E-state index contributed by atoms with van der Waals surface area (Å²) in [6.45, 7) is 6.06. The molecule has 9 heteroatoms. The maximum Gasteiger partial charge on any atom is 0.191 e. The topological polar surface area (TPSA) is 70.4 Å². The third kappa shape index (κ3) is 4.35. The van der Waals surface area contributed by atoms with Crippen molar-refractivity contribution in [3.8, 4) is 0 Å². The number of aromatic nitrogens is 3. The molecule has 0 saturated carbocycles. The number of halogens is 2. The van der Waals surface area contributed by atoms with Gasteiger partial charge in [0.15, 0.2) is 11.8 Å². The quantitative estimate of drug-likeness (QED) is 0.614. The minimum atomic E-state index is -0.533. The molecule has 0 amide bonds. The summed E-state index contributed by atoms with van der Waals surface area (Å²) in [6.07, 6.45) is 0.765. The zero-order valence-corrected chi connectivity index (χ0v) is 15.8. The van der Waals surface area contributed by atoms with E-state index in [9.17, 15) is 8.78 Å². The van der Waals surface area contributed by atoms with Crippen molar-refractivity contribution in [1.82, 2.24) is 25.4 Å². The lowest BCUT2D eigenvalue weighted by atomic mass is 10.2. The Kier molecular flexibility index (Phi) is 5.88. The van der Waals surface area contributed by atoms with E-state index < -0.39 is 11.6 Å². The second-order valence-corrected chi connectivity index (χ2v) is 6.56. The number of benzene rings is 1. The maximum absolute atomic E-state index is 14.0. The predicted molar refractivity (Wildman–Crippen MR) is 101 cm³/mol. The second kappa shape index (κ2) is 8.32. The number of hydrogen-bond donors (Lipinski definition) is 2. The van der Waals surface area contributed by atoms with Crippen LogP contribution in [0.25, 0.3) is 0 Å². The summed E-state index contributed by atoms with van der Waals surface area (Å²) in [5.41, 5.74) is 0.0401. The molecule has 1 aliphatic heterocycles. The van der Waals surface area contributed by atoms with Crippen molar-refractivity contribution < 1.29 is 8.78 Å². The average Bonchev–Trinajstić information content (AvgIpc) is 3.21. The van der Waals surface area contributed by atoms with E-state index in [2.05, 4.69) is 25.8 Å². The molecule has 2 aromatic rings. The van der Waals surface area contributed by atoms with Crippen LogP contribution in [0.5, 0.6) is 0 Å². The number of hydrogen-bond acceptors (Lipinski definition) is 4. The first-order valence-electron chi connectivity index (χ1n) is 9.08. The Balaban J connectivity index is 1.65. The monoisotopic (exact) mass is 377 g/mol. The molecule has 7 nitrogen and oxygen atoms in total. The van der Waals surface area contributed by atoms with E-state index >= 15 is 0 Å². The van der Waals surface area contributed by atoms with Gasteiger partial charge < -0.3 is 20.1 Å². The first-order chi connectivity index (χ1) is 13.0. The Bertz CT molecular complexity index is 798. The summed E-state index contributed by atoms with van der Waals surface area (Å²) in [4.78, 5) is 6.29. The molecule has 2 heterocycles. The summed E-state index contributed by atoms with van der Waals surface area (Å²) in [7, 11) is 1.90. The zero-order chi connectivity index (χ0) is 19.4. The highest BCUT2D eigenvalue weighted by molar-refractivity contribution is 5.80. The van der Waals surface area contributed by atoms with Gasteiger partial charge in [-0.05, 0) is 32.4 Å². The van der Waals surface area contributed by atoms with E-state index in [0.717, 1.165) is 18.1 Å². The number of rotatable bonds is 5. The number of para-hydroxylation sites is 1. The van der Waals surface area contributed by atoms with Crippen LogP contribution in [0.15, 0.2) is 23.2 Å². The van der Waals surface area contributed by atoms with E-state index in [-0.39, 0.29) is 11.7 Å². The predicted octanol–water partition coefficient (Wildman–Crippen LogP) is 1.74. The normalized spacial score (nSPS) is 17.4. The summed E-state index contributed by atoms with van der Waals surface area (Å²) >= 11 is 0. The van der Waals surface area contributed by atoms with E-state index in [0.29, 0.717) is 32.1 Å². The van der Waals surface area contributed by atoms with Crippen molar-refractivity contribution in [2.45, 2.75) is 32.9 Å². The van der Waals surface area contributed by atoms with Crippen molar-refractivity contribution in [2.24, 2.45) is 12.0 Å². The summed E-state index contributed by atoms with van der Waals surface area (Å²) < 4.78 is 29.9. The minimum absolute atomic E-state index is 0.0401. The summed E-state index contributed by atoms with van der Waals surface area (Å²) in [6, 6.07) is 3.99. The molecule has 1 aliphatic rings. The lowest BCUT2D eigenvalue weighted by Gasteiger charge is -2.21. The highest BCUT2D eigenvalue weighted by Crippen LogP contribution is 2.26. The maximum atomic E-state index is 14.0. The number of nitrogens with one attached hydrogen (secondary N) is 2. The van der Waals surface area contributed by atoms with Crippen LogP contribution in [0, 0.1) is 18.6 Å². The van der Waals surface area contributed by atoms with Gasteiger partial charge >= 0.3 is 0 Å². The highest BCUT2D eigenvalue weighted by Gasteiger charge is 2.27. The van der Waals surface area contributed by atoms with E-state index in [1.54, 1.807) is 4.90 Å². The SMILES string of the molecule is CCNC(=NCc1nnc(C)n1C)NC1CCN(c2c(F)cccc2F)C1. The third-order valence-corrected chi connectivity index (χ3v) is 4.69. The van der Waals surface area contributed by atoms with Gasteiger partial charge in [-0.1, -0.05) is 6.07 Å². The fraction of sp³-hybridized carbons (Fsp3) is 0.500. The molecule has 27 heavy (non-hydrogen) atoms. The van der Waals surface area contributed by atoms with Crippen LogP contribution in [0.1, 0.15) is 25.0 Å². The number of nitrogens with zero attached hydrogens (tertiary/aromatic N) is 5. The average molecular weight is 377 g/mol. The van der Waals surface area contributed by atoms with Crippen LogP contribution in [-0.4, -0.2) is 46.4 Å². The van der Waals surface area contributed by atoms with Crippen molar-refractivity contribution in [3.63, 3.8) is 0 Å². The molecule has 3 rings (SSSR count). The van der Waals surface area contributed by atoms with Crippen molar-refractivity contribution in [3.05, 3.63) is 41.5 Å². The molecule has 1 saturated heterocycles. The molecular formula is C18H25F2N7. The van der Waals surface area contributed by atoms with Crippen LogP contribution in [0.3, 0.4) is 0 Å². The van der Waals surface area contributed by atoms with E-state index in [1.807, 2.05) is 25.5 Å². The molecule has 0 bridgehead atoms. The molecule has 0 spiro atoms. The molecule has 1 aromatic carbocycles. The Labute approximate surface area is 157 Å². The summed E-state index contributed by atoms with van der Waals surface area (Å²) in [5.74, 6) is 1.18. The van der Waals surface area contributed by atoms with Crippen molar-refractivity contribution in [2.75, 3.05) is 24.5 Å². The van der Waals surface area contributed by atoms with Crippen LogP contribution in [0.2, 0.25) is 0 Å². The molecular weight excluding hydrogens is 352 g/mol. The van der Waals surface area contributed by atoms with Gasteiger partial charge in [-0.15, -0.1) is 10.2 Å². The van der Waals surface area contributed by atoms with Gasteiger partial charge in [0.25, 0.3) is 0 Å². The van der Waals surface area contributed by atoms with Gasteiger partial charge in [0, 0.05) is 32.7 Å². The first-order valence-corrected chi connectivity index (χ1v) is 9.08. The Morgan fingerprint density at radius 2 is 2.04 bits per heavy atom. The van der Waals surface area contributed by atoms with Gasteiger partial charge in [0.05, 0.1) is 0 Å². The molecule has 146 valence electrons. The minimum Gasteiger partial charge on any atom is -0.365 e. The molecule has 1 fully saturated rings. The fourth-order valence-electron chi connectivity index (χ4n) is 3.12. The van der Waals surface area contributed by atoms with Crippen LogP contribution < -0.4 is 15.5 Å². The Morgan fingerprint density at radius 3 is 2.67 bits per heavy atom. The lowest BCUT2D eigenvalue weighted by Crippen LogP contribution is -2.44. The number of anilines is 1. The smallest absolute Gasteiger partial charge is 0.191 e. The molecule has 2 N–H and O–H groups in total. The largest absolute Gasteiger partial charge is 0.365 e. The Hall–Kier alpha value is -2.71. The van der Waals surface area contributed by atoms with E-state index in [1.165, 1.54) is 18.2 Å². The lowest BCUT2D eigenvalue weighted by molar-refractivity contribution is 0.576. The highest BCUT2D eigenvalue weighted by atomic mass is 19.1. The number of aryl methyl sites for hydroxylation is 1. The van der Waals surface area contributed by atoms with Crippen molar-refractivity contribution in [1.29, 1.82) is 0 Å². The van der Waals surface area contributed by atoms with Gasteiger partial charge in [-0.25, -0.2) is 13.8 Å². The Morgan fingerprint density at radius 1 is 1.30 bits per heavy atom. The van der Waals surface area contributed by atoms with Crippen molar-refractivity contribution >= 4 is 11.6 Å². The van der Waals surface area contributed by atoms with Gasteiger partial charge in [0.2, 0.25) is 0 Å². The van der Waals surface area contributed by atoms with Crippen LogP contribution in [-0.2, 0) is 13.6 Å². The molecule has 1 aromatic heterocycles. The fourth-order valence-corrected chi connectivity index (χ4v) is 3.12. The van der Waals surface area contributed by atoms with Gasteiger partial charge in [0.1, 0.15) is 29.7 Å². The van der Waals surface area contributed by atoms with Crippen LogP contribution >= 0.6 is 0 Å². The standard InChI is InChI=1S/C18H25F2N7/c1-4-21-18(22-10-16-25-24-12(2)26(16)3)23-13-8-9-27(11-13)17-14(19)6-5-7-15(17)20/h5-7,13H,4,8-11H2,1-3H3,(H2,21,22,23). The van der Waals surface area contributed by atoms with Crippen LogP contribution in [0.4, 0.5) is 14.5 Å². The molecule has 1 unspecified atom stereocenters. The number of guanidine groups is 1. The summed E-state index contributed by atoms with van der Waals surface area (Å²) in [5, 5.41) is 14.7. The van der Waals surface area contributed by atoms with Gasteiger partial charge in [-0.2, -0.15) is 0 Å². The third-order valence-electron chi connectivity index (χ3n) is 4.69. The number of aliphatic imine (C=N–C) groups is 1. The molecule has 0 radical (unpaired) electrons. The molecule has 1 atom stereocenters. The van der Waals surface area contributed by atoms with Gasteiger partial charge in [-0.3, -0.25) is 0 Å². The second-order valence-electron chi connectivity index (χ2n) is 6.56. The molecule has 0 aliphatic carbocycles. The zero-order valence-electron chi connectivity index (χ0n) is 15.8. The van der Waals surface area contributed by atoms with E-state index in [4.69, 9.17) is 0 Å². The first kappa shape index (κ1) is 19.1.